The highest BCUT2D eigenvalue weighted by Crippen LogP contribution is 2.23. The summed E-state index contributed by atoms with van der Waals surface area (Å²) in [6.07, 6.45) is -0.846. The summed E-state index contributed by atoms with van der Waals surface area (Å²) in [7, 11) is 0. The Morgan fingerprint density at radius 2 is 1.67 bits per heavy atom. The van der Waals surface area contributed by atoms with Crippen molar-refractivity contribution in [3.63, 3.8) is 0 Å². The average Bonchev–Trinajstić information content (AvgIpc) is 2.76. The van der Waals surface area contributed by atoms with E-state index >= 15 is 0 Å². The molecule has 8 nitrogen and oxygen atoms in total. The number of benzene rings is 2. The van der Waals surface area contributed by atoms with Gasteiger partial charge in [0.05, 0.1) is 28.8 Å². The van der Waals surface area contributed by atoms with Gasteiger partial charge in [0, 0.05) is 12.1 Å². The van der Waals surface area contributed by atoms with E-state index in [2.05, 4.69) is 10.6 Å². The van der Waals surface area contributed by atoms with Crippen molar-refractivity contribution in [1.29, 1.82) is 0 Å². The van der Waals surface area contributed by atoms with E-state index in [4.69, 9.17) is 21.1 Å². The molecule has 0 unspecified atom stereocenters. The Labute approximate surface area is 216 Å². The molecule has 194 valence electrons. The van der Waals surface area contributed by atoms with Crippen molar-refractivity contribution in [2.45, 2.75) is 59.6 Å². The number of carbonyl (C=O) groups excluding carboxylic acids is 4. The molecule has 0 aliphatic carbocycles. The normalized spacial score (nSPS) is 12.0. The molecule has 2 rings (SSSR count). The maximum absolute atomic E-state index is 13.1. The maximum Gasteiger partial charge on any atom is 0.408 e. The Morgan fingerprint density at radius 3 is 2.31 bits per heavy atom. The van der Waals surface area contributed by atoms with E-state index in [9.17, 15) is 19.2 Å². The third-order valence-electron chi connectivity index (χ3n) is 4.81. The SMILES string of the molecule is CC(C)COC(=O)c1cccc(NC(=O)c2c(Cl)cccc2CC(=O)[C@H](C)NC(=O)OC(C)(C)C)c1. The van der Waals surface area contributed by atoms with Gasteiger partial charge in [-0.05, 0) is 63.4 Å². The summed E-state index contributed by atoms with van der Waals surface area (Å²) in [5.41, 5.74) is 0.495. The Balaban J connectivity index is 2.15. The standard InChI is InChI=1S/C27H33ClN2O6/c1-16(2)15-35-25(33)19-10-7-11-20(13-19)30-24(32)23-18(9-8-12-21(23)28)14-22(31)17(3)29-26(34)36-27(4,5)6/h7-13,16-17H,14-15H2,1-6H3,(H,29,34)(H,30,32)/t17-/m0/s1. The van der Waals surface area contributed by atoms with E-state index < -0.39 is 29.6 Å². The van der Waals surface area contributed by atoms with Crippen LogP contribution in [0.1, 0.15) is 67.8 Å². The molecule has 36 heavy (non-hydrogen) atoms. The highest BCUT2D eigenvalue weighted by atomic mass is 35.5. The summed E-state index contributed by atoms with van der Waals surface area (Å²) in [5.74, 6) is -1.16. The number of rotatable bonds is 9. The van der Waals surface area contributed by atoms with E-state index in [1.165, 1.54) is 6.07 Å². The first kappa shape index (κ1) is 28.8. The first-order valence-electron chi connectivity index (χ1n) is 11.6. The van der Waals surface area contributed by atoms with Crippen LogP contribution in [0, 0.1) is 5.92 Å². The summed E-state index contributed by atoms with van der Waals surface area (Å²) in [4.78, 5) is 50.2. The van der Waals surface area contributed by atoms with Crippen molar-refractivity contribution >= 4 is 41.0 Å². The minimum absolute atomic E-state index is 0.129. The number of amides is 2. The van der Waals surface area contributed by atoms with Crippen molar-refractivity contribution in [1.82, 2.24) is 5.32 Å². The van der Waals surface area contributed by atoms with Crippen LogP contribution < -0.4 is 10.6 Å². The van der Waals surface area contributed by atoms with Crippen LogP contribution in [0.3, 0.4) is 0 Å². The number of ether oxygens (including phenoxy) is 2. The monoisotopic (exact) mass is 516 g/mol. The summed E-state index contributed by atoms with van der Waals surface area (Å²) in [5, 5.41) is 5.40. The molecule has 0 aromatic heterocycles. The highest BCUT2D eigenvalue weighted by molar-refractivity contribution is 6.34. The van der Waals surface area contributed by atoms with Crippen LogP contribution in [0.5, 0.6) is 0 Å². The van der Waals surface area contributed by atoms with Crippen LogP contribution >= 0.6 is 11.6 Å². The summed E-state index contributed by atoms with van der Waals surface area (Å²) < 4.78 is 10.4. The number of hydrogen-bond donors (Lipinski definition) is 2. The molecule has 0 aliphatic heterocycles. The van der Waals surface area contributed by atoms with Crippen LogP contribution in [0.15, 0.2) is 42.5 Å². The van der Waals surface area contributed by atoms with Crippen molar-refractivity contribution in [3.8, 4) is 0 Å². The van der Waals surface area contributed by atoms with E-state index in [0.29, 0.717) is 16.8 Å². The molecule has 0 saturated carbocycles. The summed E-state index contributed by atoms with van der Waals surface area (Å²) in [6.45, 7) is 10.9. The van der Waals surface area contributed by atoms with Gasteiger partial charge in [0.2, 0.25) is 0 Å². The fourth-order valence-electron chi connectivity index (χ4n) is 3.12. The van der Waals surface area contributed by atoms with Gasteiger partial charge in [-0.3, -0.25) is 9.59 Å². The molecule has 2 aromatic carbocycles. The zero-order chi connectivity index (χ0) is 27.0. The molecular formula is C27H33ClN2O6. The third kappa shape index (κ3) is 9.00. The topological polar surface area (TPSA) is 111 Å². The molecule has 0 fully saturated rings. The van der Waals surface area contributed by atoms with Crippen LogP contribution in [0.2, 0.25) is 5.02 Å². The van der Waals surface area contributed by atoms with Gasteiger partial charge in [-0.2, -0.15) is 0 Å². The Kier molecular flexibility index (Phi) is 10.0. The number of ketones is 1. The molecule has 0 heterocycles. The fourth-order valence-corrected chi connectivity index (χ4v) is 3.40. The largest absolute Gasteiger partial charge is 0.462 e. The number of halogens is 1. The second kappa shape index (κ2) is 12.5. The van der Waals surface area contributed by atoms with Gasteiger partial charge in [0.1, 0.15) is 5.60 Å². The molecule has 9 heteroatoms. The highest BCUT2D eigenvalue weighted by Gasteiger charge is 2.24. The molecule has 2 N–H and O–H groups in total. The first-order chi connectivity index (χ1) is 16.8. The zero-order valence-electron chi connectivity index (χ0n) is 21.4. The first-order valence-corrected chi connectivity index (χ1v) is 12.0. The average molecular weight is 517 g/mol. The van der Waals surface area contributed by atoms with Crippen molar-refractivity contribution in [3.05, 3.63) is 64.2 Å². The van der Waals surface area contributed by atoms with Gasteiger partial charge < -0.3 is 20.1 Å². The van der Waals surface area contributed by atoms with E-state index in [-0.39, 0.29) is 35.3 Å². The lowest BCUT2D eigenvalue weighted by Crippen LogP contribution is -2.42. The van der Waals surface area contributed by atoms with Gasteiger partial charge in [0.25, 0.3) is 5.91 Å². The second-order valence-electron chi connectivity index (χ2n) is 9.81. The lowest BCUT2D eigenvalue weighted by Gasteiger charge is -2.21. The molecule has 2 amide bonds. The third-order valence-corrected chi connectivity index (χ3v) is 5.13. The molecular weight excluding hydrogens is 484 g/mol. The zero-order valence-corrected chi connectivity index (χ0v) is 22.2. The van der Waals surface area contributed by atoms with Gasteiger partial charge in [0.15, 0.2) is 5.78 Å². The molecule has 0 aliphatic rings. The predicted molar refractivity (Wildman–Crippen MR) is 139 cm³/mol. The van der Waals surface area contributed by atoms with Gasteiger partial charge in [-0.1, -0.05) is 43.6 Å². The van der Waals surface area contributed by atoms with E-state index in [1.54, 1.807) is 64.1 Å². The summed E-state index contributed by atoms with van der Waals surface area (Å²) in [6, 6.07) is 10.3. The number of anilines is 1. The second-order valence-corrected chi connectivity index (χ2v) is 10.2. The van der Waals surface area contributed by atoms with Gasteiger partial charge >= 0.3 is 12.1 Å². The lowest BCUT2D eigenvalue weighted by molar-refractivity contribution is -0.120. The Bertz CT molecular complexity index is 1120. The van der Waals surface area contributed by atoms with Crippen LogP contribution in [-0.4, -0.2) is 42.0 Å². The molecule has 2 aromatic rings. The van der Waals surface area contributed by atoms with Gasteiger partial charge in [-0.25, -0.2) is 9.59 Å². The molecule has 1 atom stereocenters. The number of esters is 1. The Morgan fingerprint density at radius 1 is 1.00 bits per heavy atom. The lowest BCUT2D eigenvalue weighted by atomic mass is 9.99. The van der Waals surface area contributed by atoms with Gasteiger partial charge in [-0.15, -0.1) is 0 Å². The smallest absolute Gasteiger partial charge is 0.408 e. The van der Waals surface area contributed by atoms with Crippen LogP contribution in [-0.2, 0) is 20.7 Å². The van der Waals surface area contributed by atoms with Crippen molar-refractivity contribution < 1.29 is 28.7 Å². The van der Waals surface area contributed by atoms with Crippen molar-refractivity contribution in [2.75, 3.05) is 11.9 Å². The predicted octanol–water partition coefficient (Wildman–Crippen LogP) is 5.43. The fraction of sp³-hybridized carbons (Fsp3) is 0.407. The molecule has 0 saturated heterocycles. The number of alkyl carbamates (subject to hydrolysis) is 1. The minimum atomic E-state index is -0.844. The van der Waals surface area contributed by atoms with Crippen molar-refractivity contribution in [2.24, 2.45) is 5.92 Å². The quantitative estimate of drug-likeness (QED) is 0.430. The number of nitrogens with one attached hydrogen (secondary N) is 2. The number of Topliss-reactive ketones (excluding diaryl/α,β-unsaturated/α-hetero) is 1. The van der Waals surface area contributed by atoms with E-state index in [1.807, 2.05) is 13.8 Å². The number of hydrogen-bond acceptors (Lipinski definition) is 6. The van der Waals surface area contributed by atoms with Crippen LogP contribution in [0.4, 0.5) is 10.5 Å². The summed E-state index contributed by atoms with van der Waals surface area (Å²) >= 11 is 6.33. The minimum Gasteiger partial charge on any atom is -0.462 e. The molecule has 0 radical (unpaired) electrons. The Hall–Kier alpha value is -3.39. The molecule has 0 bridgehead atoms. The number of carbonyl (C=O) groups is 4. The molecule has 0 spiro atoms. The van der Waals surface area contributed by atoms with Crippen LogP contribution in [0.25, 0.3) is 0 Å². The van der Waals surface area contributed by atoms with E-state index in [0.717, 1.165) is 0 Å². The maximum atomic E-state index is 13.1.